The average molecular weight is 202 g/mol. The van der Waals surface area contributed by atoms with Crippen molar-refractivity contribution in [2.24, 2.45) is 11.7 Å². The molecule has 0 aromatic rings. The lowest BCUT2D eigenvalue weighted by Gasteiger charge is -2.23. The summed E-state index contributed by atoms with van der Waals surface area (Å²) >= 11 is 0. The van der Waals surface area contributed by atoms with Crippen molar-refractivity contribution >= 4 is 5.91 Å². The number of nitrogens with two attached hydrogens (primary N) is 1. The van der Waals surface area contributed by atoms with Crippen molar-refractivity contribution in [1.29, 1.82) is 0 Å². The molecule has 0 radical (unpaired) electrons. The standard InChI is InChI=1S/C10H22N2O2/c1-5-8(2)10(13)12(3)6-9(11)7-14-4/h8-9H,5-7,11H2,1-4H3. The summed E-state index contributed by atoms with van der Waals surface area (Å²) in [6.07, 6.45) is 0.864. The molecule has 0 aromatic carbocycles. The van der Waals surface area contributed by atoms with Crippen LogP contribution in [0.2, 0.25) is 0 Å². The van der Waals surface area contributed by atoms with Crippen LogP contribution in [-0.4, -0.2) is 44.2 Å². The van der Waals surface area contributed by atoms with Crippen LogP contribution in [0, 0.1) is 5.92 Å². The third-order valence-electron chi connectivity index (χ3n) is 2.30. The Bertz CT molecular complexity index is 174. The molecule has 2 atom stereocenters. The zero-order valence-electron chi connectivity index (χ0n) is 9.62. The fraction of sp³-hybridized carbons (Fsp3) is 0.900. The smallest absolute Gasteiger partial charge is 0.225 e. The van der Waals surface area contributed by atoms with Gasteiger partial charge in [-0.3, -0.25) is 4.79 Å². The molecule has 0 spiro atoms. The van der Waals surface area contributed by atoms with Gasteiger partial charge in [0, 0.05) is 32.7 Å². The molecule has 4 heteroatoms. The molecular weight excluding hydrogens is 180 g/mol. The number of methoxy groups -OCH3 is 1. The lowest BCUT2D eigenvalue weighted by Crippen LogP contribution is -2.42. The monoisotopic (exact) mass is 202 g/mol. The van der Waals surface area contributed by atoms with E-state index in [9.17, 15) is 4.79 Å². The fourth-order valence-electron chi connectivity index (χ4n) is 1.26. The van der Waals surface area contributed by atoms with Crippen LogP contribution in [0.1, 0.15) is 20.3 Å². The van der Waals surface area contributed by atoms with Crippen molar-refractivity contribution in [3.8, 4) is 0 Å². The molecule has 0 heterocycles. The number of carbonyl (C=O) groups is 1. The number of rotatable bonds is 6. The summed E-state index contributed by atoms with van der Waals surface area (Å²) in [5.74, 6) is 0.230. The highest BCUT2D eigenvalue weighted by Gasteiger charge is 2.17. The van der Waals surface area contributed by atoms with Gasteiger partial charge in [0.1, 0.15) is 0 Å². The van der Waals surface area contributed by atoms with Gasteiger partial charge in [-0.15, -0.1) is 0 Å². The predicted octanol–water partition coefficient (Wildman–Crippen LogP) is 0.465. The summed E-state index contributed by atoms with van der Waals surface area (Å²) in [6, 6.07) is -0.0991. The average Bonchev–Trinajstić information content (AvgIpc) is 2.15. The van der Waals surface area contributed by atoms with Crippen molar-refractivity contribution in [1.82, 2.24) is 4.90 Å². The highest BCUT2D eigenvalue weighted by Crippen LogP contribution is 2.05. The molecule has 2 N–H and O–H groups in total. The van der Waals surface area contributed by atoms with Crippen LogP contribution >= 0.6 is 0 Å². The lowest BCUT2D eigenvalue weighted by atomic mass is 10.1. The molecule has 14 heavy (non-hydrogen) atoms. The highest BCUT2D eigenvalue weighted by molar-refractivity contribution is 5.78. The Kier molecular flexibility index (Phi) is 6.49. The third-order valence-corrected chi connectivity index (χ3v) is 2.30. The molecule has 2 unspecified atom stereocenters. The van der Waals surface area contributed by atoms with Gasteiger partial charge >= 0.3 is 0 Å². The predicted molar refractivity (Wildman–Crippen MR) is 56.9 cm³/mol. The van der Waals surface area contributed by atoms with Crippen LogP contribution in [0.25, 0.3) is 0 Å². The van der Waals surface area contributed by atoms with Gasteiger partial charge in [0.05, 0.1) is 6.61 Å². The fourth-order valence-corrected chi connectivity index (χ4v) is 1.26. The Morgan fingerprint density at radius 3 is 2.57 bits per heavy atom. The van der Waals surface area contributed by atoms with Crippen molar-refractivity contribution < 1.29 is 9.53 Å². The molecule has 0 aliphatic carbocycles. The van der Waals surface area contributed by atoms with Gasteiger partial charge < -0.3 is 15.4 Å². The maximum atomic E-state index is 11.6. The Labute approximate surface area is 86.4 Å². The second-order valence-corrected chi connectivity index (χ2v) is 3.74. The minimum atomic E-state index is -0.0991. The van der Waals surface area contributed by atoms with E-state index in [0.29, 0.717) is 13.2 Å². The Morgan fingerprint density at radius 2 is 2.14 bits per heavy atom. The number of ether oxygens (including phenoxy) is 1. The number of hydrogen-bond acceptors (Lipinski definition) is 3. The molecule has 0 saturated carbocycles. The number of amides is 1. The lowest BCUT2D eigenvalue weighted by molar-refractivity contribution is -0.134. The normalized spacial score (nSPS) is 14.9. The van der Waals surface area contributed by atoms with Gasteiger partial charge in [0.2, 0.25) is 5.91 Å². The quantitative estimate of drug-likeness (QED) is 0.681. The van der Waals surface area contributed by atoms with Crippen LogP contribution in [0.3, 0.4) is 0 Å². The second kappa shape index (κ2) is 6.79. The SMILES string of the molecule is CCC(C)C(=O)N(C)CC(N)COC. The van der Waals surface area contributed by atoms with E-state index in [4.69, 9.17) is 10.5 Å². The van der Waals surface area contributed by atoms with Crippen LogP contribution in [0.5, 0.6) is 0 Å². The summed E-state index contributed by atoms with van der Waals surface area (Å²) in [5, 5.41) is 0. The van der Waals surface area contributed by atoms with Crippen molar-refractivity contribution in [3.05, 3.63) is 0 Å². The van der Waals surface area contributed by atoms with E-state index < -0.39 is 0 Å². The van der Waals surface area contributed by atoms with E-state index in [1.54, 1.807) is 19.1 Å². The number of carbonyl (C=O) groups excluding carboxylic acids is 1. The van der Waals surface area contributed by atoms with Crippen molar-refractivity contribution in [3.63, 3.8) is 0 Å². The maximum Gasteiger partial charge on any atom is 0.225 e. The first-order chi connectivity index (χ1) is 6.52. The first-order valence-corrected chi connectivity index (χ1v) is 5.02. The molecule has 0 aromatic heterocycles. The third kappa shape index (κ3) is 4.58. The van der Waals surface area contributed by atoms with Crippen molar-refractivity contribution in [2.75, 3.05) is 27.3 Å². The first-order valence-electron chi connectivity index (χ1n) is 5.02. The number of likely N-dealkylation sites (N-methyl/N-ethyl adjacent to an activating group) is 1. The number of hydrogen-bond donors (Lipinski definition) is 1. The van der Waals surface area contributed by atoms with Gasteiger partial charge in [-0.05, 0) is 6.42 Å². The molecule has 0 rings (SSSR count). The molecule has 0 bridgehead atoms. The second-order valence-electron chi connectivity index (χ2n) is 3.74. The molecule has 4 nitrogen and oxygen atoms in total. The minimum Gasteiger partial charge on any atom is -0.383 e. The summed E-state index contributed by atoms with van der Waals surface area (Å²) in [4.78, 5) is 13.3. The topological polar surface area (TPSA) is 55.6 Å². The van der Waals surface area contributed by atoms with Crippen LogP contribution in [0.4, 0.5) is 0 Å². The maximum absolute atomic E-state index is 11.6. The highest BCUT2D eigenvalue weighted by atomic mass is 16.5. The van der Waals surface area contributed by atoms with Gasteiger partial charge in [-0.1, -0.05) is 13.8 Å². The summed E-state index contributed by atoms with van der Waals surface area (Å²) in [6.45, 7) is 4.97. The van der Waals surface area contributed by atoms with Crippen molar-refractivity contribution in [2.45, 2.75) is 26.3 Å². The van der Waals surface area contributed by atoms with E-state index in [0.717, 1.165) is 6.42 Å². The molecule has 0 fully saturated rings. The molecule has 1 amide bonds. The van der Waals surface area contributed by atoms with E-state index in [1.807, 2.05) is 13.8 Å². The van der Waals surface area contributed by atoms with Crippen LogP contribution in [0.15, 0.2) is 0 Å². The first kappa shape index (κ1) is 13.4. The Morgan fingerprint density at radius 1 is 1.57 bits per heavy atom. The molecule has 0 saturated heterocycles. The molecule has 0 aliphatic heterocycles. The zero-order valence-corrected chi connectivity index (χ0v) is 9.62. The Hall–Kier alpha value is -0.610. The van der Waals surface area contributed by atoms with Gasteiger partial charge in [-0.2, -0.15) is 0 Å². The molecular formula is C10H22N2O2. The zero-order chi connectivity index (χ0) is 11.1. The summed E-state index contributed by atoms with van der Waals surface area (Å²) in [5.41, 5.74) is 5.75. The van der Waals surface area contributed by atoms with E-state index in [1.165, 1.54) is 0 Å². The molecule has 0 aliphatic rings. The van der Waals surface area contributed by atoms with Gasteiger partial charge in [0.25, 0.3) is 0 Å². The number of nitrogens with zero attached hydrogens (tertiary/aromatic N) is 1. The van der Waals surface area contributed by atoms with E-state index in [-0.39, 0.29) is 17.9 Å². The van der Waals surface area contributed by atoms with E-state index in [2.05, 4.69) is 0 Å². The minimum absolute atomic E-state index is 0.0785. The van der Waals surface area contributed by atoms with Gasteiger partial charge in [0.15, 0.2) is 0 Å². The van der Waals surface area contributed by atoms with Gasteiger partial charge in [-0.25, -0.2) is 0 Å². The molecule has 84 valence electrons. The van der Waals surface area contributed by atoms with Crippen LogP contribution < -0.4 is 5.73 Å². The van der Waals surface area contributed by atoms with Crippen LogP contribution in [-0.2, 0) is 9.53 Å². The summed E-state index contributed by atoms with van der Waals surface area (Å²) < 4.78 is 4.91. The van der Waals surface area contributed by atoms with E-state index >= 15 is 0 Å². The largest absolute Gasteiger partial charge is 0.383 e. The summed E-state index contributed by atoms with van der Waals surface area (Å²) in [7, 11) is 3.39. The Balaban J connectivity index is 3.94.